The highest BCUT2D eigenvalue weighted by atomic mass is 79.9. The van der Waals surface area contributed by atoms with E-state index in [1.54, 1.807) is 17.5 Å². The quantitative estimate of drug-likeness (QED) is 0.939. The van der Waals surface area contributed by atoms with Gasteiger partial charge < -0.3 is 5.32 Å². The van der Waals surface area contributed by atoms with E-state index >= 15 is 0 Å². The summed E-state index contributed by atoms with van der Waals surface area (Å²) in [6.45, 7) is 2.86. The van der Waals surface area contributed by atoms with Crippen LogP contribution in [0.2, 0.25) is 0 Å². The summed E-state index contributed by atoms with van der Waals surface area (Å²) in [7, 11) is 0. The highest BCUT2D eigenvalue weighted by Crippen LogP contribution is 2.20. The Morgan fingerprint density at radius 2 is 2.31 bits per heavy atom. The normalized spacial score (nSPS) is 10.4. The summed E-state index contributed by atoms with van der Waals surface area (Å²) in [6, 6.07) is 3.86. The van der Waals surface area contributed by atoms with Crippen LogP contribution in [0, 0.1) is 0 Å². The van der Waals surface area contributed by atoms with E-state index in [4.69, 9.17) is 0 Å². The van der Waals surface area contributed by atoms with E-state index in [0.29, 0.717) is 0 Å². The van der Waals surface area contributed by atoms with E-state index in [2.05, 4.69) is 38.1 Å². The SMILES string of the molecule is CCc1cnc(CNc2ncccc2Br)s1. The maximum absolute atomic E-state index is 4.34. The Bertz CT molecular complexity index is 470. The number of hydrogen-bond donors (Lipinski definition) is 1. The monoisotopic (exact) mass is 297 g/mol. The molecule has 0 unspecified atom stereocenters. The van der Waals surface area contributed by atoms with E-state index in [0.717, 1.165) is 28.3 Å². The standard InChI is InChI=1S/C11H12BrN3S/c1-2-8-6-14-10(16-8)7-15-11-9(12)4-3-5-13-11/h3-6H,2,7H2,1H3,(H,13,15). The van der Waals surface area contributed by atoms with Gasteiger partial charge in [0, 0.05) is 17.3 Å². The number of aryl methyl sites for hydroxylation is 1. The molecule has 0 spiro atoms. The fraction of sp³-hybridized carbons (Fsp3) is 0.273. The molecule has 0 radical (unpaired) electrons. The topological polar surface area (TPSA) is 37.8 Å². The zero-order valence-corrected chi connectivity index (χ0v) is 11.3. The van der Waals surface area contributed by atoms with Crippen molar-refractivity contribution in [3.05, 3.63) is 38.9 Å². The molecule has 5 heteroatoms. The van der Waals surface area contributed by atoms with E-state index in [1.807, 2.05) is 18.3 Å². The molecule has 0 fully saturated rings. The van der Waals surface area contributed by atoms with Crippen LogP contribution in [0.15, 0.2) is 29.0 Å². The van der Waals surface area contributed by atoms with Crippen molar-refractivity contribution in [1.29, 1.82) is 0 Å². The van der Waals surface area contributed by atoms with Crippen LogP contribution in [0.5, 0.6) is 0 Å². The minimum absolute atomic E-state index is 0.723. The molecular weight excluding hydrogens is 286 g/mol. The van der Waals surface area contributed by atoms with Gasteiger partial charge in [-0.2, -0.15) is 0 Å². The maximum Gasteiger partial charge on any atom is 0.140 e. The molecule has 0 amide bonds. The Hall–Kier alpha value is -0.940. The minimum atomic E-state index is 0.723. The number of rotatable bonds is 4. The lowest BCUT2D eigenvalue weighted by Gasteiger charge is -2.04. The van der Waals surface area contributed by atoms with Crippen molar-refractivity contribution >= 4 is 33.1 Å². The average Bonchev–Trinajstić information content (AvgIpc) is 2.76. The third-order valence-electron chi connectivity index (χ3n) is 2.12. The lowest BCUT2D eigenvalue weighted by Crippen LogP contribution is -2.01. The minimum Gasteiger partial charge on any atom is -0.363 e. The van der Waals surface area contributed by atoms with E-state index in [1.165, 1.54) is 4.88 Å². The first-order valence-corrected chi connectivity index (χ1v) is 6.68. The molecule has 2 aromatic rings. The van der Waals surface area contributed by atoms with Crippen LogP contribution in [0.4, 0.5) is 5.82 Å². The van der Waals surface area contributed by atoms with Gasteiger partial charge in [-0.15, -0.1) is 11.3 Å². The number of halogens is 1. The van der Waals surface area contributed by atoms with Gasteiger partial charge in [-0.05, 0) is 34.5 Å². The molecule has 0 aliphatic rings. The average molecular weight is 298 g/mol. The molecule has 16 heavy (non-hydrogen) atoms. The zero-order valence-electron chi connectivity index (χ0n) is 8.90. The fourth-order valence-corrected chi connectivity index (χ4v) is 2.47. The summed E-state index contributed by atoms with van der Waals surface area (Å²) in [5.74, 6) is 0.857. The summed E-state index contributed by atoms with van der Waals surface area (Å²) in [5, 5.41) is 4.35. The van der Waals surface area contributed by atoms with E-state index < -0.39 is 0 Å². The molecule has 0 aliphatic carbocycles. The van der Waals surface area contributed by atoms with Crippen LogP contribution in [-0.2, 0) is 13.0 Å². The van der Waals surface area contributed by atoms with Gasteiger partial charge in [0.1, 0.15) is 10.8 Å². The van der Waals surface area contributed by atoms with Crippen LogP contribution in [0.1, 0.15) is 16.8 Å². The Morgan fingerprint density at radius 3 is 3.00 bits per heavy atom. The first kappa shape index (κ1) is 11.5. The van der Waals surface area contributed by atoms with Gasteiger partial charge in [-0.3, -0.25) is 0 Å². The molecule has 0 aromatic carbocycles. The fourth-order valence-electron chi connectivity index (χ4n) is 1.27. The van der Waals surface area contributed by atoms with Gasteiger partial charge in [0.2, 0.25) is 0 Å². The Kier molecular flexibility index (Phi) is 3.90. The Labute approximate surface area is 107 Å². The largest absolute Gasteiger partial charge is 0.363 e. The van der Waals surface area contributed by atoms with Crippen molar-refractivity contribution in [2.75, 3.05) is 5.32 Å². The maximum atomic E-state index is 4.34. The molecule has 0 atom stereocenters. The van der Waals surface area contributed by atoms with Gasteiger partial charge in [-0.25, -0.2) is 9.97 Å². The van der Waals surface area contributed by atoms with Crippen LogP contribution in [-0.4, -0.2) is 9.97 Å². The van der Waals surface area contributed by atoms with Crippen LogP contribution < -0.4 is 5.32 Å². The summed E-state index contributed by atoms with van der Waals surface area (Å²) in [5.41, 5.74) is 0. The molecule has 0 bridgehead atoms. The molecule has 2 heterocycles. The predicted octanol–water partition coefficient (Wildman–Crippen LogP) is 3.48. The number of nitrogens with one attached hydrogen (secondary N) is 1. The smallest absolute Gasteiger partial charge is 0.140 e. The first-order valence-electron chi connectivity index (χ1n) is 5.07. The number of aromatic nitrogens is 2. The molecule has 0 aliphatic heterocycles. The zero-order chi connectivity index (χ0) is 11.4. The van der Waals surface area contributed by atoms with Gasteiger partial charge in [-0.1, -0.05) is 6.92 Å². The summed E-state index contributed by atoms with van der Waals surface area (Å²) in [4.78, 5) is 9.90. The molecule has 1 N–H and O–H groups in total. The summed E-state index contributed by atoms with van der Waals surface area (Å²) < 4.78 is 0.974. The van der Waals surface area contributed by atoms with Gasteiger partial charge in [0.25, 0.3) is 0 Å². The van der Waals surface area contributed by atoms with Crippen molar-refractivity contribution in [1.82, 2.24) is 9.97 Å². The van der Waals surface area contributed by atoms with Crippen molar-refractivity contribution in [2.24, 2.45) is 0 Å². The lowest BCUT2D eigenvalue weighted by atomic mass is 10.4. The summed E-state index contributed by atoms with van der Waals surface area (Å²) in [6.07, 6.45) is 4.76. The second kappa shape index (κ2) is 5.41. The van der Waals surface area contributed by atoms with Crippen molar-refractivity contribution in [2.45, 2.75) is 19.9 Å². The second-order valence-corrected chi connectivity index (χ2v) is 5.32. The van der Waals surface area contributed by atoms with Crippen molar-refractivity contribution in [3.8, 4) is 0 Å². The van der Waals surface area contributed by atoms with Crippen LogP contribution >= 0.6 is 27.3 Å². The second-order valence-electron chi connectivity index (χ2n) is 3.26. The molecule has 0 saturated carbocycles. The number of hydrogen-bond acceptors (Lipinski definition) is 4. The van der Waals surface area contributed by atoms with Crippen LogP contribution in [0.25, 0.3) is 0 Å². The number of anilines is 1. The Morgan fingerprint density at radius 1 is 1.44 bits per heavy atom. The third kappa shape index (κ3) is 2.80. The highest BCUT2D eigenvalue weighted by molar-refractivity contribution is 9.10. The van der Waals surface area contributed by atoms with E-state index in [-0.39, 0.29) is 0 Å². The Balaban J connectivity index is 1.99. The van der Waals surface area contributed by atoms with E-state index in [9.17, 15) is 0 Å². The van der Waals surface area contributed by atoms with Gasteiger partial charge in [0.05, 0.1) is 11.0 Å². The number of thiazole rings is 1. The molecule has 84 valence electrons. The number of pyridine rings is 1. The van der Waals surface area contributed by atoms with Crippen molar-refractivity contribution in [3.63, 3.8) is 0 Å². The number of nitrogens with zero attached hydrogens (tertiary/aromatic N) is 2. The molecule has 2 rings (SSSR count). The summed E-state index contributed by atoms with van der Waals surface area (Å²) >= 11 is 5.19. The molecule has 2 aromatic heterocycles. The first-order chi connectivity index (χ1) is 7.79. The molecular formula is C11H12BrN3S. The molecule has 0 saturated heterocycles. The van der Waals surface area contributed by atoms with Gasteiger partial charge >= 0.3 is 0 Å². The third-order valence-corrected chi connectivity index (χ3v) is 3.90. The predicted molar refractivity (Wildman–Crippen MR) is 70.8 cm³/mol. The molecule has 3 nitrogen and oxygen atoms in total. The highest BCUT2D eigenvalue weighted by Gasteiger charge is 2.02. The van der Waals surface area contributed by atoms with Crippen LogP contribution in [0.3, 0.4) is 0 Å². The van der Waals surface area contributed by atoms with Gasteiger partial charge in [0.15, 0.2) is 0 Å². The van der Waals surface area contributed by atoms with Crippen molar-refractivity contribution < 1.29 is 0 Å². The lowest BCUT2D eigenvalue weighted by molar-refractivity contribution is 1.07.